The fraction of sp³-hybridized carbons (Fsp3) is 0.200. The van der Waals surface area contributed by atoms with E-state index in [4.69, 9.17) is 10.7 Å². The first-order chi connectivity index (χ1) is 8.97. The molecule has 102 valence electrons. The lowest BCUT2D eigenvalue weighted by Gasteiger charge is -2.01. The number of nitrogens with one attached hydrogen (secondary N) is 2. The van der Waals surface area contributed by atoms with Gasteiger partial charge in [0.05, 0.1) is 0 Å². The van der Waals surface area contributed by atoms with Gasteiger partial charge in [0.1, 0.15) is 9.90 Å². The van der Waals surface area contributed by atoms with Crippen LogP contribution in [0, 0.1) is 0 Å². The number of carbonyl (C=O) groups is 1. The van der Waals surface area contributed by atoms with Crippen molar-refractivity contribution in [1.82, 2.24) is 15.5 Å². The van der Waals surface area contributed by atoms with Gasteiger partial charge in [-0.1, -0.05) is 0 Å². The number of thiophene rings is 1. The van der Waals surface area contributed by atoms with Gasteiger partial charge in [0.15, 0.2) is 0 Å². The van der Waals surface area contributed by atoms with Crippen molar-refractivity contribution < 1.29 is 13.2 Å². The number of nitrogens with zero attached hydrogens (tertiary/aromatic N) is 1. The lowest BCUT2D eigenvalue weighted by molar-refractivity contribution is 0.0949. The number of aromatic amines is 1. The zero-order valence-electron chi connectivity index (χ0n) is 9.59. The van der Waals surface area contributed by atoms with Gasteiger partial charge in [0, 0.05) is 28.3 Å². The Balaban J connectivity index is 1.86. The predicted molar refractivity (Wildman–Crippen MR) is 72.0 cm³/mol. The van der Waals surface area contributed by atoms with Gasteiger partial charge in [-0.15, -0.1) is 11.3 Å². The highest BCUT2D eigenvalue weighted by Gasteiger charge is 2.13. The molecule has 2 aromatic heterocycles. The molecular weight excluding hydrogens is 310 g/mol. The lowest BCUT2D eigenvalue weighted by Crippen LogP contribution is -2.25. The smallest absolute Gasteiger partial charge is 0.270 e. The second kappa shape index (κ2) is 5.72. The number of carbonyl (C=O) groups excluding carboxylic acids is 1. The summed E-state index contributed by atoms with van der Waals surface area (Å²) in [4.78, 5) is 12.4. The van der Waals surface area contributed by atoms with E-state index in [1.54, 1.807) is 12.1 Å². The van der Waals surface area contributed by atoms with E-state index in [1.807, 2.05) is 0 Å². The maximum absolute atomic E-state index is 11.6. The van der Waals surface area contributed by atoms with Crippen LogP contribution in [0.4, 0.5) is 0 Å². The summed E-state index contributed by atoms with van der Waals surface area (Å²) in [5, 5.41) is 8.92. The molecular formula is C10H10ClN3O3S2. The number of H-pyrrole nitrogens is 1. The van der Waals surface area contributed by atoms with Crippen molar-refractivity contribution in [1.29, 1.82) is 0 Å². The molecule has 9 heteroatoms. The molecule has 0 fully saturated rings. The van der Waals surface area contributed by atoms with Gasteiger partial charge in [-0.25, -0.2) is 8.42 Å². The predicted octanol–water partition coefficient (Wildman–Crippen LogP) is 1.37. The van der Waals surface area contributed by atoms with Crippen molar-refractivity contribution in [3.05, 3.63) is 35.0 Å². The van der Waals surface area contributed by atoms with E-state index in [0.29, 0.717) is 18.7 Å². The fourth-order valence-electron chi connectivity index (χ4n) is 1.40. The Labute approximate surface area is 118 Å². The minimum absolute atomic E-state index is 0.115. The Morgan fingerprint density at radius 2 is 2.21 bits per heavy atom. The van der Waals surface area contributed by atoms with Crippen molar-refractivity contribution in [2.45, 2.75) is 10.6 Å². The van der Waals surface area contributed by atoms with Crippen LogP contribution in [-0.4, -0.2) is 31.1 Å². The van der Waals surface area contributed by atoms with E-state index >= 15 is 0 Å². The number of hydrogen-bond donors (Lipinski definition) is 2. The third kappa shape index (κ3) is 3.79. The molecule has 2 N–H and O–H groups in total. The molecule has 2 heterocycles. The van der Waals surface area contributed by atoms with Gasteiger partial charge < -0.3 is 5.32 Å². The molecule has 0 aliphatic rings. The van der Waals surface area contributed by atoms with Crippen molar-refractivity contribution >= 4 is 37.0 Å². The van der Waals surface area contributed by atoms with Gasteiger partial charge in [-0.3, -0.25) is 9.89 Å². The molecule has 0 aliphatic carbocycles. The summed E-state index contributed by atoms with van der Waals surface area (Å²) in [7, 11) is 1.56. The summed E-state index contributed by atoms with van der Waals surface area (Å²) < 4.78 is 22.3. The van der Waals surface area contributed by atoms with E-state index in [2.05, 4.69) is 15.5 Å². The molecule has 0 aromatic carbocycles. The first-order valence-electron chi connectivity index (χ1n) is 5.28. The Kier molecular flexibility index (Phi) is 4.23. The molecule has 0 radical (unpaired) electrons. The second-order valence-electron chi connectivity index (χ2n) is 3.63. The molecule has 0 saturated carbocycles. The summed E-state index contributed by atoms with van der Waals surface area (Å²) in [6, 6.07) is 4.71. The first-order valence-corrected chi connectivity index (χ1v) is 8.40. The van der Waals surface area contributed by atoms with Crippen molar-refractivity contribution in [3.8, 4) is 0 Å². The molecule has 19 heavy (non-hydrogen) atoms. The van der Waals surface area contributed by atoms with Crippen LogP contribution >= 0.6 is 22.0 Å². The van der Waals surface area contributed by atoms with Crippen LogP contribution in [0.15, 0.2) is 28.6 Å². The fourth-order valence-corrected chi connectivity index (χ4v) is 3.52. The summed E-state index contributed by atoms with van der Waals surface area (Å²) in [5.41, 5.74) is 0.384. The van der Waals surface area contributed by atoms with E-state index in [0.717, 1.165) is 16.2 Å². The Morgan fingerprint density at radius 1 is 1.42 bits per heavy atom. The summed E-state index contributed by atoms with van der Waals surface area (Å²) in [6.45, 7) is 0.403. The largest absolute Gasteiger partial charge is 0.350 e. The molecule has 6 nitrogen and oxygen atoms in total. The molecule has 2 rings (SSSR count). The van der Waals surface area contributed by atoms with Gasteiger partial charge in [-0.2, -0.15) is 5.10 Å². The van der Waals surface area contributed by atoms with Gasteiger partial charge in [0.25, 0.3) is 15.0 Å². The average molecular weight is 320 g/mol. The SMILES string of the molecule is O=C(NCCc1ccc(S(=O)(=O)Cl)s1)c1ccn[nH]1. The number of halogens is 1. The van der Waals surface area contributed by atoms with Crippen LogP contribution in [0.25, 0.3) is 0 Å². The average Bonchev–Trinajstić information content (AvgIpc) is 2.99. The zero-order chi connectivity index (χ0) is 13.9. The lowest BCUT2D eigenvalue weighted by atomic mass is 10.3. The highest BCUT2D eigenvalue weighted by atomic mass is 35.7. The van der Waals surface area contributed by atoms with E-state index in [-0.39, 0.29) is 10.1 Å². The highest BCUT2D eigenvalue weighted by Crippen LogP contribution is 2.24. The molecule has 0 atom stereocenters. The van der Waals surface area contributed by atoms with Crippen molar-refractivity contribution in [2.75, 3.05) is 6.54 Å². The Morgan fingerprint density at radius 3 is 2.79 bits per heavy atom. The highest BCUT2D eigenvalue weighted by molar-refractivity contribution is 8.15. The van der Waals surface area contributed by atoms with Crippen molar-refractivity contribution in [2.24, 2.45) is 0 Å². The zero-order valence-corrected chi connectivity index (χ0v) is 12.0. The number of rotatable bonds is 5. The van der Waals surface area contributed by atoms with Crippen LogP contribution in [-0.2, 0) is 15.5 Å². The van der Waals surface area contributed by atoms with E-state index < -0.39 is 9.05 Å². The monoisotopic (exact) mass is 319 g/mol. The molecule has 1 amide bonds. The van der Waals surface area contributed by atoms with Gasteiger partial charge >= 0.3 is 0 Å². The second-order valence-corrected chi connectivity index (χ2v) is 7.60. The maximum Gasteiger partial charge on any atom is 0.270 e. The summed E-state index contributed by atoms with van der Waals surface area (Å²) in [6.07, 6.45) is 2.03. The molecule has 0 saturated heterocycles. The Bertz CT molecular complexity index is 664. The van der Waals surface area contributed by atoms with Gasteiger partial charge in [0.2, 0.25) is 0 Å². The number of amides is 1. The number of aromatic nitrogens is 2. The standard InChI is InChI=1S/C10H10ClN3O3S2/c11-19(16,17)9-2-1-7(18-9)3-5-12-10(15)8-4-6-13-14-8/h1-2,4,6H,3,5H2,(H,12,15)(H,13,14). The summed E-state index contributed by atoms with van der Waals surface area (Å²) >= 11 is 1.10. The number of hydrogen-bond acceptors (Lipinski definition) is 5. The van der Waals surface area contributed by atoms with Crippen LogP contribution in [0.5, 0.6) is 0 Å². The molecule has 0 spiro atoms. The van der Waals surface area contributed by atoms with Crippen molar-refractivity contribution in [3.63, 3.8) is 0 Å². The quantitative estimate of drug-likeness (QED) is 0.814. The maximum atomic E-state index is 11.6. The normalized spacial score (nSPS) is 11.4. The Hall–Kier alpha value is -1.38. The summed E-state index contributed by atoms with van der Waals surface area (Å²) in [5.74, 6) is -0.251. The van der Waals surface area contributed by atoms with Crippen LogP contribution < -0.4 is 5.32 Å². The van der Waals surface area contributed by atoms with Gasteiger partial charge in [-0.05, 0) is 24.6 Å². The van der Waals surface area contributed by atoms with Crippen LogP contribution in [0.3, 0.4) is 0 Å². The topological polar surface area (TPSA) is 91.9 Å². The third-order valence-corrected chi connectivity index (χ3v) is 5.52. The van der Waals surface area contributed by atoms with Crippen LogP contribution in [0.1, 0.15) is 15.4 Å². The third-order valence-electron chi connectivity index (χ3n) is 2.28. The minimum Gasteiger partial charge on any atom is -0.350 e. The van der Waals surface area contributed by atoms with E-state index in [9.17, 15) is 13.2 Å². The molecule has 2 aromatic rings. The molecule has 0 unspecified atom stereocenters. The molecule has 0 bridgehead atoms. The first kappa shape index (κ1) is 14.0. The molecule has 0 aliphatic heterocycles. The van der Waals surface area contributed by atoms with Crippen LogP contribution in [0.2, 0.25) is 0 Å². The minimum atomic E-state index is -3.67. The van der Waals surface area contributed by atoms with E-state index in [1.165, 1.54) is 12.3 Å².